The third kappa shape index (κ3) is 5.98. The highest BCUT2D eigenvalue weighted by molar-refractivity contribution is 7.89. The minimum Gasteiger partial charge on any atom is -0.344 e. The van der Waals surface area contributed by atoms with Gasteiger partial charge in [0.05, 0.1) is 10.9 Å². The van der Waals surface area contributed by atoms with E-state index >= 15 is 0 Å². The predicted molar refractivity (Wildman–Crippen MR) is 134 cm³/mol. The fraction of sp³-hybridized carbons (Fsp3) is 0.107. The second kappa shape index (κ2) is 10.9. The molecule has 172 valence electrons. The highest BCUT2D eigenvalue weighted by atomic mass is 32.2. The number of carbonyl (C=O) groups is 1. The maximum Gasteiger partial charge on any atom is 0.241 e. The first-order valence-corrected chi connectivity index (χ1v) is 12.5. The summed E-state index contributed by atoms with van der Waals surface area (Å²) in [6, 6.07) is 35.3. The second-order valence-corrected chi connectivity index (χ2v) is 9.65. The van der Waals surface area contributed by atoms with Gasteiger partial charge in [-0.1, -0.05) is 109 Å². The van der Waals surface area contributed by atoms with E-state index in [0.717, 1.165) is 16.7 Å². The zero-order valence-corrected chi connectivity index (χ0v) is 19.4. The zero-order valence-electron chi connectivity index (χ0n) is 18.5. The van der Waals surface area contributed by atoms with Gasteiger partial charge in [0.25, 0.3) is 0 Å². The van der Waals surface area contributed by atoms with Crippen molar-refractivity contribution in [1.82, 2.24) is 10.0 Å². The largest absolute Gasteiger partial charge is 0.344 e. The highest BCUT2D eigenvalue weighted by Crippen LogP contribution is 2.22. The molecule has 0 unspecified atom stereocenters. The van der Waals surface area contributed by atoms with Gasteiger partial charge in [0.1, 0.15) is 6.04 Å². The van der Waals surface area contributed by atoms with Gasteiger partial charge in [-0.3, -0.25) is 4.79 Å². The van der Waals surface area contributed by atoms with Gasteiger partial charge in [-0.15, -0.1) is 0 Å². The summed E-state index contributed by atoms with van der Waals surface area (Å²) in [5, 5.41) is 3.08. The summed E-state index contributed by atoms with van der Waals surface area (Å²) in [4.78, 5) is 13.7. The number of hydrogen-bond acceptors (Lipinski definition) is 3. The maximum absolute atomic E-state index is 13.6. The maximum atomic E-state index is 13.6. The Morgan fingerprint density at radius 2 is 1.09 bits per heavy atom. The van der Waals surface area contributed by atoms with Crippen LogP contribution in [0.15, 0.2) is 126 Å². The Balaban J connectivity index is 1.65. The second-order valence-electron chi connectivity index (χ2n) is 7.94. The van der Waals surface area contributed by atoms with Crippen LogP contribution in [0, 0.1) is 0 Å². The smallest absolute Gasteiger partial charge is 0.241 e. The lowest BCUT2D eigenvalue weighted by Crippen LogP contribution is -2.48. The Labute approximate surface area is 200 Å². The molecule has 0 aliphatic carbocycles. The summed E-state index contributed by atoms with van der Waals surface area (Å²) in [7, 11) is -3.90. The summed E-state index contributed by atoms with van der Waals surface area (Å²) in [5.41, 5.74) is 2.67. The van der Waals surface area contributed by atoms with E-state index in [4.69, 9.17) is 0 Å². The summed E-state index contributed by atoms with van der Waals surface area (Å²) in [6.07, 6.45) is 0.217. The quantitative estimate of drug-likeness (QED) is 0.379. The predicted octanol–water partition coefficient (Wildman–Crippen LogP) is 4.48. The molecule has 0 radical (unpaired) electrons. The van der Waals surface area contributed by atoms with Crippen LogP contribution in [0.3, 0.4) is 0 Å². The van der Waals surface area contributed by atoms with Crippen LogP contribution in [0.25, 0.3) is 0 Å². The topological polar surface area (TPSA) is 75.3 Å². The number of benzene rings is 4. The lowest BCUT2D eigenvalue weighted by molar-refractivity contribution is -0.123. The lowest BCUT2D eigenvalue weighted by Gasteiger charge is -2.24. The first-order chi connectivity index (χ1) is 16.5. The number of sulfonamides is 1. The minimum absolute atomic E-state index is 0.114. The Bertz CT molecular complexity index is 1260. The molecule has 0 aromatic heterocycles. The van der Waals surface area contributed by atoms with Gasteiger partial charge in [0.15, 0.2) is 0 Å². The highest BCUT2D eigenvalue weighted by Gasteiger charge is 2.28. The molecule has 5 nitrogen and oxygen atoms in total. The fourth-order valence-electron chi connectivity index (χ4n) is 3.79. The van der Waals surface area contributed by atoms with Crippen LogP contribution >= 0.6 is 0 Å². The standard InChI is InChI=1S/C28H26N2O3S/c31-28(29-27(23-15-7-2-8-16-23)24-17-9-3-10-18-24)26(21-22-13-5-1-6-14-22)30-34(32,33)25-19-11-4-12-20-25/h1-20,26-27,30H,21H2,(H,29,31)/t26-/m0/s1. The zero-order chi connectivity index (χ0) is 23.8. The lowest BCUT2D eigenvalue weighted by atomic mass is 9.97. The number of rotatable bonds is 9. The van der Waals surface area contributed by atoms with E-state index in [1.165, 1.54) is 12.1 Å². The molecule has 0 heterocycles. The molecule has 34 heavy (non-hydrogen) atoms. The molecule has 0 bridgehead atoms. The molecule has 0 saturated heterocycles. The van der Waals surface area contributed by atoms with Crippen molar-refractivity contribution in [1.29, 1.82) is 0 Å². The van der Waals surface area contributed by atoms with Crippen molar-refractivity contribution in [2.75, 3.05) is 0 Å². The normalized spacial score (nSPS) is 12.3. The Morgan fingerprint density at radius 1 is 0.647 bits per heavy atom. The number of hydrogen-bond donors (Lipinski definition) is 2. The average Bonchev–Trinajstić information content (AvgIpc) is 2.89. The molecule has 0 fully saturated rings. The van der Waals surface area contributed by atoms with Gasteiger partial charge >= 0.3 is 0 Å². The monoisotopic (exact) mass is 470 g/mol. The van der Waals surface area contributed by atoms with Crippen molar-refractivity contribution in [2.24, 2.45) is 0 Å². The molecule has 4 aromatic rings. The molecular formula is C28H26N2O3S. The summed E-state index contributed by atoms with van der Waals surface area (Å²) in [6.45, 7) is 0. The fourth-order valence-corrected chi connectivity index (χ4v) is 5.00. The van der Waals surface area contributed by atoms with Crippen LogP contribution in [-0.2, 0) is 21.2 Å². The minimum atomic E-state index is -3.90. The number of carbonyl (C=O) groups excluding carboxylic acids is 1. The third-order valence-electron chi connectivity index (χ3n) is 5.50. The molecule has 1 amide bonds. The van der Waals surface area contributed by atoms with Gasteiger partial charge in [0.2, 0.25) is 15.9 Å². The molecule has 4 rings (SSSR count). The summed E-state index contributed by atoms with van der Waals surface area (Å²) < 4.78 is 28.8. The Morgan fingerprint density at radius 3 is 1.59 bits per heavy atom. The van der Waals surface area contributed by atoms with Crippen molar-refractivity contribution >= 4 is 15.9 Å². The molecular weight excluding hydrogens is 444 g/mol. The van der Waals surface area contributed by atoms with E-state index in [1.807, 2.05) is 91.0 Å². The van der Waals surface area contributed by atoms with E-state index in [0.29, 0.717) is 0 Å². The van der Waals surface area contributed by atoms with Crippen molar-refractivity contribution in [3.63, 3.8) is 0 Å². The van der Waals surface area contributed by atoms with Crippen LogP contribution in [0.2, 0.25) is 0 Å². The van der Waals surface area contributed by atoms with Crippen LogP contribution in [0.5, 0.6) is 0 Å². The molecule has 1 atom stereocenters. The summed E-state index contributed by atoms with van der Waals surface area (Å²) >= 11 is 0. The van der Waals surface area contributed by atoms with Crippen LogP contribution < -0.4 is 10.0 Å². The first kappa shape index (κ1) is 23.4. The van der Waals surface area contributed by atoms with Crippen LogP contribution in [0.4, 0.5) is 0 Å². The Hall–Kier alpha value is -3.74. The third-order valence-corrected chi connectivity index (χ3v) is 6.99. The molecule has 0 aliphatic rings. The molecule has 0 aliphatic heterocycles. The van der Waals surface area contributed by atoms with E-state index < -0.39 is 28.0 Å². The van der Waals surface area contributed by atoms with E-state index in [-0.39, 0.29) is 11.3 Å². The van der Waals surface area contributed by atoms with Gasteiger partial charge in [-0.05, 0) is 35.2 Å². The van der Waals surface area contributed by atoms with Crippen molar-refractivity contribution in [2.45, 2.75) is 23.4 Å². The molecule has 6 heteroatoms. The first-order valence-electron chi connectivity index (χ1n) is 11.0. The van der Waals surface area contributed by atoms with Crippen molar-refractivity contribution in [3.8, 4) is 0 Å². The van der Waals surface area contributed by atoms with Crippen LogP contribution in [0.1, 0.15) is 22.7 Å². The van der Waals surface area contributed by atoms with Crippen molar-refractivity contribution in [3.05, 3.63) is 138 Å². The van der Waals surface area contributed by atoms with Crippen molar-refractivity contribution < 1.29 is 13.2 Å². The summed E-state index contributed by atoms with van der Waals surface area (Å²) in [5.74, 6) is -0.402. The van der Waals surface area contributed by atoms with Gasteiger partial charge in [-0.25, -0.2) is 8.42 Å². The average molecular weight is 471 g/mol. The van der Waals surface area contributed by atoms with Gasteiger partial charge in [-0.2, -0.15) is 4.72 Å². The van der Waals surface area contributed by atoms with Gasteiger partial charge in [0, 0.05) is 0 Å². The SMILES string of the molecule is O=C(NC(c1ccccc1)c1ccccc1)[C@H](Cc1ccccc1)NS(=O)(=O)c1ccccc1. The number of amides is 1. The Kier molecular flexibility index (Phi) is 7.52. The number of nitrogens with one attached hydrogen (secondary N) is 2. The van der Waals surface area contributed by atoms with E-state index in [1.54, 1.807) is 18.2 Å². The molecule has 0 spiro atoms. The molecule has 2 N–H and O–H groups in total. The molecule has 4 aromatic carbocycles. The van der Waals surface area contributed by atoms with E-state index in [2.05, 4.69) is 10.0 Å². The van der Waals surface area contributed by atoms with E-state index in [9.17, 15) is 13.2 Å². The molecule has 0 saturated carbocycles. The van der Waals surface area contributed by atoms with Crippen LogP contribution in [-0.4, -0.2) is 20.4 Å². The van der Waals surface area contributed by atoms with Gasteiger partial charge < -0.3 is 5.32 Å².